The third-order valence-electron chi connectivity index (χ3n) is 3.24. The maximum Gasteiger partial charge on any atom is 0.416 e. The number of thiophene rings is 1. The molecule has 0 radical (unpaired) electrons. The second kappa shape index (κ2) is 6.50. The Morgan fingerprint density at radius 3 is 2.48 bits per heavy atom. The van der Waals surface area contributed by atoms with E-state index in [2.05, 4.69) is 21.2 Å². The normalized spacial score (nSPS) is 13.4. The molecule has 1 unspecified atom stereocenters. The van der Waals surface area contributed by atoms with Crippen molar-refractivity contribution in [2.75, 3.05) is 7.05 Å². The van der Waals surface area contributed by atoms with Gasteiger partial charge < -0.3 is 5.32 Å². The molecule has 0 spiro atoms. The lowest BCUT2D eigenvalue weighted by molar-refractivity contribution is -0.138. The van der Waals surface area contributed by atoms with E-state index in [1.165, 1.54) is 6.07 Å². The summed E-state index contributed by atoms with van der Waals surface area (Å²) in [6, 6.07) is 7.71. The van der Waals surface area contributed by atoms with Crippen LogP contribution in [0.15, 0.2) is 34.8 Å². The molecule has 0 aliphatic rings. The highest BCUT2D eigenvalue weighted by Gasteiger charge is 2.35. The summed E-state index contributed by atoms with van der Waals surface area (Å²) in [5.74, 6) is 0. The second-order valence-electron chi connectivity index (χ2n) is 4.61. The number of hydrogen-bond acceptors (Lipinski definition) is 2. The van der Waals surface area contributed by atoms with Gasteiger partial charge in [0.1, 0.15) is 0 Å². The Morgan fingerprint density at radius 1 is 1.24 bits per heavy atom. The molecule has 1 atom stereocenters. The van der Waals surface area contributed by atoms with Gasteiger partial charge in [0.15, 0.2) is 0 Å². The van der Waals surface area contributed by atoms with Gasteiger partial charge in [-0.2, -0.15) is 13.2 Å². The van der Waals surface area contributed by atoms with E-state index in [0.717, 1.165) is 22.2 Å². The summed E-state index contributed by atoms with van der Waals surface area (Å²) < 4.78 is 40.2. The van der Waals surface area contributed by atoms with Gasteiger partial charge in [-0.05, 0) is 43.3 Å². The van der Waals surface area contributed by atoms with Crippen molar-refractivity contribution in [2.45, 2.75) is 25.6 Å². The molecule has 1 heterocycles. The maximum atomic E-state index is 13.3. The fourth-order valence-corrected chi connectivity index (χ4v) is 3.66. The quantitative estimate of drug-likeness (QED) is 0.751. The monoisotopic (exact) mass is 377 g/mol. The first-order valence-electron chi connectivity index (χ1n) is 6.49. The molecule has 0 amide bonds. The summed E-state index contributed by atoms with van der Waals surface area (Å²) >= 11 is 4.66. The summed E-state index contributed by atoms with van der Waals surface area (Å²) in [5.41, 5.74) is -0.361. The maximum absolute atomic E-state index is 13.3. The lowest BCUT2D eigenvalue weighted by Crippen LogP contribution is -2.21. The predicted molar refractivity (Wildman–Crippen MR) is 83.7 cm³/mol. The Hall–Kier alpha value is -0.850. The van der Waals surface area contributed by atoms with Gasteiger partial charge in [0.25, 0.3) is 0 Å². The van der Waals surface area contributed by atoms with Crippen LogP contribution in [-0.2, 0) is 12.6 Å². The minimum atomic E-state index is -4.38. The lowest BCUT2D eigenvalue weighted by Gasteiger charge is -2.21. The van der Waals surface area contributed by atoms with Crippen molar-refractivity contribution < 1.29 is 13.2 Å². The average Bonchev–Trinajstić information content (AvgIpc) is 2.89. The second-order valence-corrected chi connectivity index (χ2v) is 6.72. The van der Waals surface area contributed by atoms with Crippen LogP contribution in [0.4, 0.5) is 13.2 Å². The largest absolute Gasteiger partial charge is 0.416 e. The zero-order valence-corrected chi connectivity index (χ0v) is 14.0. The molecule has 0 fully saturated rings. The van der Waals surface area contributed by atoms with Crippen molar-refractivity contribution in [3.63, 3.8) is 0 Å². The number of benzene rings is 1. The summed E-state index contributed by atoms with van der Waals surface area (Å²) in [4.78, 5) is 2.05. The molecule has 0 saturated carbocycles. The summed E-state index contributed by atoms with van der Waals surface area (Å²) in [5, 5.41) is 3.00. The average molecular weight is 378 g/mol. The van der Waals surface area contributed by atoms with Gasteiger partial charge in [-0.15, -0.1) is 11.3 Å². The van der Waals surface area contributed by atoms with Crippen LogP contribution in [-0.4, -0.2) is 7.05 Å². The molecule has 0 aliphatic carbocycles. The molecule has 2 rings (SSSR count). The zero-order valence-electron chi connectivity index (χ0n) is 11.6. The molecule has 6 heteroatoms. The van der Waals surface area contributed by atoms with Gasteiger partial charge in [-0.1, -0.05) is 28.9 Å². The van der Waals surface area contributed by atoms with Crippen molar-refractivity contribution in [1.82, 2.24) is 5.32 Å². The van der Waals surface area contributed by atoms with Crippen molar-refractivity contribution in [1.29, 1.82) is 0 Å². The Labute approximate surface area is 134 Å². The van der Waals surface area contributed by atoms with Crippen molar-refractivity contribution in [3.8, 4) is 0 Å². The first-order chi connectivity index (χ1) is 9.86. The van der Waals surface area contributed by atoms with Crippen LogP contribution in [0.2, 0.25) is 0 Å². The summed E-state index contributed by atoms with van der Waals surface area (Å²) in [7, 11) is 1.68. The molecule has 1 N–H and O–H groups in total. The van der Waals surface area contributed by atoms with Gasteiger partial charge >= 0.3 is 6.18 Å². The fraction of sp³-hybridized carbons (Fsp3) is 0.333. The summed E-state index contributed by atoms with van der Waals surface area (Å²) in [6.45, 7) is 2.03. The highest BCUT2D eigenvalue weighted by molar-refractivity contribution is 9.10. The molecule has 0 aliphatic heterocycles. The molecule has 1 aromatic heterocycles. The van der Waals surface area contributed by atoms with E-state index in [9.17, 15) is 13.2 Å². The predicted octanol–water partition coefficient (Wildman–Crippen LogP) is 5.40. The van der Waals surface area contributed by atoms with E-state index in [1.807, 2.05) is 19.1 Å². The fourth-order valence-electron chi connectivity index (χ4n) is 2.22. The number of hydrogen-bond donors (Lipinski definition) is 1. The SMILES string of the molecule is CCc1ccc(C(NC)c2ccc(Br)cc2C(F)(F)F)s1. The minimum Gasteiger partial charge on any atom is -0.309 e. The van der Waals surface area contributed by atoms with Crippen LogP contribution in [0.1, 0.15) is 33.8 Å². The molecular weight excluding hydrogens is 363 g/mol. The number of nitrogens with one attached hydrogen (secondary N) is 1. The number of rotatable bonds is 4. The van der Waals surface area contributed by atoms with E-state index >= 15 is 0 Å². The van der Waals surface area contributed by atoms with Gasteiger partial charge in [0.2, 0.25) is 0 Å². The smallest absolute Gasteiger partial charge is 0.309 e. The number of aryl methyl sites for hydroxylation is 1. The molecular formula is C15H15BrF3NS. The number of alkyl halides is 3. The Morgan fingerprint density at radius 2 is 1.95 bits per heavy atom. The van der Waals surface area contributed by atoms with Crippen molar-refractivity contribution >= 4 is 27.3 Å². The molecule has 2 aromatic rings. The Kier molecular flexibility index (Phi) is 5.11. The van der Waals surface area contributed by atoms with Crippen LogP contribution in [0.25, 0.3) is 0 Å². The van der Waals surface area contributed by atoms with Gasteiger partial charge in [-0.25, -0.2) is 0 Å². The standard InChI is InChI=1S/C15H15BrF3NS/c1-3-10-5-7-13(21-10)14(20-2)11-6-4-9(16)8-12(11)15(17,18)19/h4-8,14,20H,3H2,1-2H3. The number of halogens is 4. The molecule has 0 bridgehead atoms. The highest BCUT2D eigenvalue weighted by Crippen LogP contribution is 2.39. The third-order valence-corrected chi connectivity index (χ3v) is 5.02. The highest BCUT2D eigenvalue weighted by atomic mass is 79.9. The topological polar surface area (TPSA) is 12.0 Å². The first kappa shape index (κ1) is 16.5. The minimum absolute atomic E-state index is 0.248. The van der Waals surface area contributed by atoms with Gasteiger partial charge in [-0.3, -0.25) is 0 Å². The first-order valence-corrected chi connectivity index (χ1v) is 8.10. The van der Waals surface area contributed by atoms with Crippen LogP contribution in [0.3, 0.4) is 0 Å². The van der Waals surface area contributed by atoms with Crippen LogP contribution >= 0.6 is 27.3 Å². The van der Waals surface area contributed by atoms with E-state index in [1.54, 1.807) is 24.5 Å². The summed E-state index contributed by atoms with van der Waals surface area (Å²) in [6.07, 6.45) is -3.49. The molecule has 1 aromatic carbocycles. The van der Waals surface area contributed by atoms with Gasteiger partial charge in [0, 0.05) is 14.2 Å². The van der Waals surface area contributed by atoms with Crippen LogP contribution in [0, 0.1) is 0 Å². The Balaban J connectivity index is 2.52. The van der Waals surface area contributed by atoms with Crippen molar-refractivity contribution in [3.05, 3.63) is 55.7 Å². The van der Waals surface area contributed by atoms with E-state index in [0.29, 0.717) is 4.47 Å². The molecule has 0 saturated heterocycles. The zero-order chi connectivity index (χ0) is 15.6. The van der Waals surface area contributed by atoms with Gasteiger partial charge in [0.05, 0.1) is 11.6 Å². The molecule has 114 valence electrons. The van der Waals surface area contributed by atoms with E-state index in [-0.39, 0.29) is 5.56 Å². The molecule has 21 heavy (non-hydrogen) atoms. The third kappa shape index (κ3) is 3.67. The lowest BCUT2D eigenvalue weighted by atomic mass is 9.99. The van der Waals surface area contributed by atoms with Crippen LogP contribution < -0.4 is 5.32 Å². The van der Waals surface area contributed by atoms with E-state index in [4.69, 9.17) is 0 Å². The molecule has 1 nitrogen and oxygen atoms in total. The van der Waals surface area contributed by atoms with Crippen LogP contribution in [0.5, 0.6) is 0 Å². The van der Waals surface area contributed by atoms with E-state index < -0.39 is 17.8 Å². The Bertz CT molecular complexity index is 622. The van der Waals surface area contributed by atoms with Crippen molar-refractivity contribution in [2.24, 2.45) is 0 Å².